The SMILES string of the molecule is CCCCCNc1nc2c(C)cccn2c(=O)c1C=C1SC(=S)N(CC(=O)O)C1=O. The molecule has 1 fully saturated rings. The number of amides is 1. The summed E-state index contributed by atoms with van der Waals surface area (Å²) >= 11 is 6.12. The number of pyridine rings is 1. The van der Waals surface area contributed by atoms with Gasteiger partial charge in [0, 0.05) is 12.7 Å². The first-order valence-corrected chi connectivity index (χ1v) is 10.8. The van der Waals surface area contributed by atoms with Crippen molar-refractivity contribution in [3.63, 3.8) is 0 Å². The quantitative estimate of drug-likeness (QED) is 0.362. The Kier molecular flexibility index (Phi) is 6.88. The van der Waals surface area contributed by atoms with Crippen LogP contribution in [0.4, 0.5) is 5.82 Å². The number of rotatable bonds is 8. The Bertz CT molecular complexity index is 1110. The molecule has 30 heavy (non-hydrogen) atoms. The molecule has 3 rings (SSSR count). The highest BCUT2D eigenvalue weighted by atomic mass is 32.2. The third kappa shape index (κ3) is 4.54. The minimum atomic E-state index is -1.16. The van der Waals surface area contributed by atoms with Crippen LogP contribution in [0, 0.1) is 6.92 Å². The van der Waals surface area contributed by atoms with Gasteiger partial charge in [-0.2, -0.15) is 0 Å². The number of hydrogen-bond donors (Lipinski definition) is 2. The number of unbranched alkanes of at least 4 members (excludes halogenated alkanes) is 2. The molecule has 0 aliphatic carbocycles. The van der Waals surface area contributed by atoms with Gasteiger partial charge in [0.15, 0.2) is 0 Å². The van der Waals surface area contributed by atoms with E-state index in [9.17, 15) is 14.4 Å². The Labute approximate surface area is 183 Å². The van der Waals surface area contributed by atoms with Crippen molar-refractivity contribution in [2.24, 2.45) is 0 Å². The van der Waals surface area contributed by atoms with Crippen molar-refractivity contribution < 1.29 is 14.7 Å². The van der Waals surface area contributed by atoms with Crippen molar-refractivity contribution in [1.82, 2.24) is 14.3 Å². The summed E-state index contributed by atoms with van der Waals surface area (Å²) in [5.41, 5.74) is 1.32. The topological polar surface area (TPSA) is 104 Å². The first-order chi connectivity index (χ1) is 14.3. The monoisotopic (exact) mass is 446 g/mol. The van der Waals surface area contributed by atoms with Crippen LogP contribution in [0.5, 0.6) is 0 Å². The average molecular weight is 447 g/mol. The zero-order valence-corrected chi connectivity index (χ0v) is 18.3. The van der Waals surface area contributed by atoms with E-state index in [2.05, 4.69) is 17.2 Å². The number of carbonyl (C=O) groups is 2. The van der Waals surface area contributed by atoms with E-state index in [0.717, 1.165) is 41.5 Å². The van der Waals surface area contributed by atoms with Crippen molar-refractivity contribution in [2.75, 3.05) is 18.4 Å². The third-order valence-corrected chi connectivity index (χ3v) is 5.98. The second kappa shape index (κ2) is 9.40. The van der Waals surface area contributed by atoms with E-state index in [1.807, 2.05) is 13.0 Å². The maximum atomic E-state index is 13.2. The van der Waals surface area contributed by atoms with Crippen LogP contribution >= 0.6 is 24.0 Å². The molecule has 0 aromatic carbocycles. The molecule has 3 heterocycles. The van der Waals surface area contributed by atoms with Crippen LogP contribution in [0.25, 0.3) is 11.7 Å². The Morgan fingerprint density at radius 1 is 1.37 bits per heavy atom. The van der Waals surface area contributed by atoms with Crippen LogP contribution < -0.4 is 10.9 Å². The summed E-state index contributed by atoms with van der Waals surface area (Å²) in [4.78, 5) is 42.7. The minimum Gasteiger partial charge on any atom is -0.480 e. The molecule has 1 amide bonds. The van der Waals surface area contributed by atoms with E-state index >= 15 is 0 Å². The van der Waals surface area contributed by atoms with E-state index in [1.165, 1.54) is 10.5 Å². The van der Waals surface area contributed by atoms with Crippen molar-refractivity contribution in [3.05, 3.63) is 44.7 Å². The lowest BCUT2D eigenvalue weighted by molar-refractivity contribution is -0.140. The van der Waals surface area contributed by atoms with Gasteiger partial charge in [0.05, 0.1) is 10.5 Å². The molecule has 0 bridgehead atoms. The Morgan fingerprint density at radius 2 is 2.13 bits per heavy atom. The summed E-state index contributed by atoms with van der Waals surface area (Å²) in [6.07, 6.45) is 6.11. The van der Waals surface area contributed by atoms with Gasteiger partial charge < -0.3 is 10.4 Å². The number of carboxylic acid groups (broad SMARTS) is 1. The van der Waals surface area contributed by atoms with E-state index in [0.29, 0.717) is 18.0 Å². The second-order valence-corrected chi connectivity index (χ2v) is 8.54. The van der Waals surface area contributed by atoms with Crippen molar-refractivity contribution >= 4 is 57.7 Å². The fourth-order valence-corrected chi connectivity index (χ4v) is 4.30. The number of fused-ring (bicyclic) bond motifs is 1. The van der Waals surface area contributed by atoms with Crippen molar-refractivity contribution in [1.29, 1.82) is 0 Å². The number of anilines is 1. The highest BCUT2D eigenvalue weighted by Crippen LogP contribution is 2.32. The summed E-state index contributed by atoms with van der Waals surface area (Å²) < 4.78 is 1.59. The van der Waals surface area contributed by atoms with E-state index in [-0.39, 0.29) is 20.3 Å². The summed E-state index contributed by atoms with van der Waals surface area (Å²) in [6, 6.07) is 3.63. The Balaban J connectivity index is 2.07. The van der Waals surface area contributed by atoms with Crippen LogP contribution in [0.2, 0.25) is 0 Å². The van der Waals surface area contributed by atoms with E-state index < -0.39 is 18.4 Å². The first kappa shape index (κ1) is 22.0. The molecular formula is C20H22N4O4S2. The molecule has 1 aliphatic rings. The van der Waals surface area contributed by atoms with E-state index in [1.54, 1.807) is 12.3 Å². The molecule has 0 spiro atoms. The van der Waals surface area contributed by atoms with Crippen LogP contribution in [-0.2, 0) is 9.59 Å². The number of nitrogens with zero attached hydrogens (tertiary/aromatic N) is 3. The lowest BCUT2D eigenvalue weighted by Gasteiger charge is -2.12. The van der Waals surface area contributed by atoms with Gasteiger partial charge in [0.1, 0.15) is 22.3 Å². The molecule has 0 saturated carbocycles. The van der Waals surface area contributed by atoms with Gasteiger partial charge in [0.2, 0.25) is 0 Å². The molecule has 0 atom stereocenters. The van der Waals surface area contributed by atoms with Gasteiger partial charge >= 0.3 is 5.97 Å². The molecule has 1 aliphatic heterocycles. The smallest absolute Gasteiger partial charge is 0.323 e. The van der Waals surface area contributed by atoms with Crippen molar-refractivity contribution in [3.8, 4) is 0 Å². The summed E-state index contributed by atoms with van der Waals surface area (Å²) in [5, 5.41) is 12.2. The number of thioether (sulfide) groups is 1. The Hall–Kier alpha value is -2.72. The zero-order valence-electron chi connectivity index (χ0n) is 16.7. The van der Waals surface area contributed by atoms with Crippen LogP contribution in [0.1, 0.15) is 37.3 Å². The molecule has 0 radical (unpaired) electrons. The van der Waals surface area contributed by atoms with Gasteiger partial charge in [-0.15, -0.1) is 0 Å². The molecule has 2 aromatic rings. The van der Waals surface area contributed by atoms with Crippen LogP contribution in [0.15, 0.2) is 28.0 Å². The van der Waals surface area contributed by atoms with Gasteiger partial charge in [-0.05, 0) is 31.1 Å². The molecule has 2 aromatic heterocycles. The number of carbonyl (C=O) groups excluding carboxylic acids is 1. The number of aliphatic carboxylic acids is 1. The summed E-state index contributed by atoms with van der Waals surface area (Å²) in [6.45, 7) is 4.11. The second-order valence-electron chi connectivity index (χ2n) is 6.86. The van der Waals surface area contributed by atoms with Crippen molar-refractivity contribution in [2.45, 2.75) is 33.1 Å². The molecule has 158 valence electrons. The van der Waals surface area contributed by atoms with Crippen LogP contribution in [0.3, 0.4) is 0 Å². The first-order valence-electron chi connectivity index (χ1n) is 9.56. The predicted molar refractivity (Wildman–Crippen MR) is 122 cm³/mol. The fourth-order valence-electron chi connectivity index (χ4n) is 3.06. The predicted octanol–water partition coefficient (Wildman–Crippen LogP) is 2.89. The molecule has 10 heteroatoms. The average Bonchev–Trinajstić information content (AvgIpc) is 2.95. The van der Waals surface area contributed by atoms with Gasteiger partial charge in [-0.3, -0.25) is 23.7 Å². The van der Waals surface area contributed by atoms with Gasteiger partial charge in [-0.25, -0.2) is 4.98 Å². The highest BCUT2D eigenvalue weighted by Gasteiger charge is 2.34. The molecular weight excluding hydrogens is 424 g/mol. The molecule has 2 N–H and O–H groups in total. The van der Waals surface area contributed by atoms with Gasteiger partial charge in [0.25, 0.3) is 11.5 Å². The standard InChI is InChI=1S/C20H22N4O4S2/c1-3-4-5-8-21-16-13(18(27)23-9-6-7-12(2)17(23)22-16)10-14-19(28)24(11-15(25)26)20(29)30-14/h6-7,9-10,21H,3-5,8,11H2,1-2H3,(H,25,26). The highest BCUT2D eigenvalue weighted by molar-refractivity contribution is 8.26. The maximum Gasteiger partial charge on any atom is 0.323 e. The molecule has 0 unspecified atom stereocenters. The maximum absolute atomic E-state index is 13.2. The Morgan fingerprint density at radius 3 is 2.83 bits per heavy atom. The number of aryl methyl sites for hydroxylation is 1. The lowest BCUT2D eigenvalue weighted by Crippen LogP contribution is -2.33. The largest absolute Gasteiger partial charge is 0.480 e. The minimum absolute atomic E-state index is 0.149. The third-order valence-electron chi connectivity index (χ3n) is 4.60. The molecule has 1 saturated heterocycles. The summed E-state index contributed by atoms with van der Waals surface area (Å²) in [5.74, 6) is -1.29. The number of hydrogen-bond acceptors (Lipinski definition) is 7. The number of nitrogens with one attached hydrogen (secondary N) is 1. The number of aromatic nitrogens is 2. The zero-order chi connectivity index (χ0) is 21.8. The van der Waals surface area contributed by atoms with E-state index in [4.69, 9.17) is 17.3 Å². The lowest BCUT2D eigenvalue weighted by atomic mass is 10.2. The van der Waals surface area contributed by atoms with Crippen LogP contribution in [-0.4, -0.2) is 48.7 Å². The fraction of sp³-hybridized carbons (Fsp3) is 0.350. The molecule has 8 nitrogen and oxygen atoms in total. The summed E-state index contributed by atoms with van der Waals surface area (Å²) in [7, 11) is 0. The van der Waals surface area contributed by atoms with Gasteiger partial charge in [-0.1, -0.05) is 49.8 Å². The normalized spacial score (nSPS) is 15.4. The number of thiocarbonyl (C=S) groups is 1. The number of carboxylic acids is 1.